The van der Waals surface area contributed by atoms with Crippen LogP contribution >= 0.6 is 0 Å². The number of carbonyl (C=O) groups excluding carboxylic acids is 2. The first-order valence-electron chi connectivity index (χ1n) is 8.40. The lowest BCUT2D eigenvalue weighted by Gasteiger charge is -2.21. The highest BCUT2D eigenvalue weighted by Gasteiger charge is 2.33. The first kappa shape index (κ1) is 18.7. The molecular formula is C19H23NO5. The van der Waals surface area contributed by atoms with E-state index < -0.39 is 17.9 Å². The van der Waals surface area contributed by atoms with Crippen molar-refractivity contribution in [3.63, 3.8) is 0 Å². The van der Waals surface area contributed by atoms with E-state index in [9.17, 15) is 9.59 Å². The predicted molar refractivity (Wildman–Crippen MR) is 90.8 cm³/mol. The summed E-state index contributed by atoms with van der Waals surface area (Å²) in [4.78, 5) is 28.9. The Morgan fingerprint density at radius 3 is 2.36 bits per heavy atom. The van der Waals surface area contributed by atoms with Gasteiger partial charge in [0, 0.05) is 17.8 Å². The van der Waals surface area contributed by atoms with Crippen LogP contribution in [0, 0.1) is 5.92 Å². The second kappa shape index (κ2) is 9.61. The van der Waals surface area contributed by atoms with Gasteiger partial charge < -0.3 is 13.9 Å². The molecule has 6 nitrogen and oxygen atoms in total. The monoisotopic (exact) mass is 345 g/mol. The van der Waals surface area contributed by atoms with Crippen molar-refractivity contribution in [3.05, 3.63) is 54.2 Å². The van der Waals surface area contributed by atoms with E-state index in [1.807, 2.05) is 24.3 Å². The van der Waals surface area contributed by atoms with Gasteiger partial charge in [0.25, 0.3) is 0 Å². The van der Waals surface area contributed by atoms with Gasteiger partial charge in [-0.25, -0.2) is 0 Å². The van der Waals surface area contributed by atoms with Gasteiger partial charge in [-0.2, -0.15) is 0 Å². The van der Waals surface area contributed by atoms with Crippen LogP contribution in [-0.4, -0.2) is 30.1 Å². The van der Waals surface area contributed by atoms with E-state index in [1.165, 1.54) is 0 Å². The van der Waals surface area contributed by atoms with Crippen molar-refractivity contribution in [1.29, 1.82) is 0 Å². The number of carbonyl (C=O) groups is 2. The first-order chi connectivity index (χ1) is 12.2. The van der Waals surface area contributed by atoms with Crippen molar-refractivity contribution in [3.8, 4) is 0 Å². The number of rotatable bonds is 9. The number of furan rings is 1. The summed E-state index contributed by atoms with van der Waals surface area (Å²) in [6.07, 6.45) is 5.81. The fourth-order valence-corrected chi connectivity index (χ4v) is 2.68. The molecule has 0 N–H and O–H groups in total. The van der Waals surface area contributed by atoms with E-state index in [1.54, 1.807) is 32.6 Å². The van der Waals surface area contributed by atoms with E-state index in [0.717, 1.165) is 11.3 Å². The Morgan fingerprint density at radius 1 is 1.12 bits per heavy atom. The molecule has 0 spiro atoms. The van der Waals surface area contributed by atoms with Gasteiger partial charge in [-0.15, -0.1) is 0 Å². The van der Waals surface area contributed by atoms with Crippen molar-refractivity contribution in [2.45, 2.75) is 32.6 Å². The lowest BCUT2D eigenvalue weighted by atomic mass is 9.87. The van der Waals surface area contributed by atoms with Crippen LogP contribution < -0.4 is 0 Å². The van der Waals surface area contributed by atoms with E-state index in [4.69, 9.17) is 13.9 Å². The fourth-order valence-electron chi connectivity index (χ4n) is 2.68. The van der Waals surface area contributed by atoms with Crippen molar-refractivity contribution in [2.75, 3.05) is 13.2 Å². The van der Waals surface area contributed by atoms with Crippen molar-refractivity contribution >= 4 is 11.9 Å². The Hall–Kier alpha value is -2.63. The zero-order valence-corrected chi connectivity index (χ0v) is 14.5. The molecular weight excluding hydrogens is 322 g/mol. The summed E-state index contributed by atoms with van der Waals surface area (Å²) in [5.74, 6) is -2.24. The Balaban J connectivity index is 2.24. The number of hydrogen-bond donors (Lipinski definition) is 0. The molecule has 0 aromatic carbocycles. The minimum Gasteiger partial charge on any atom is -0.472 e. The smallest absolute Gasteiger partial charge is 0.320 e. The standard InChI is InChI=1S/C19H23NO5/c1-3-24-18(21)16(19(22)25-4-2)12-15(11-14-8-10-23-13-14)17-7-5-6-9-20-17/h5-10,13,15-16H,3-4,11-12H2,1-2H3. The van der Waals surface area contributed by atoms with E-state index in [2.05, 4.69) is 4.98 Å². The normalized spacial score (nSPS) is 12.0. The molecule has 0 aliphatic heterocycles. The number of pyridine rings is 1. The SMILES string of the molecule is CCOC(=O)C(CC(Cc1ccoc1)c1ccccn1)C(=O)OCC. The second-order valence-corrected chi connectivity index (χ2v) is 5.58. The minimum absolute atomic E-state index is 0.141. The largest absolute Gasteiger partial charge is 0.472 e. The molecule has 2 aromatic rings. The number of nitrogens with zero attached hydrogens (tertiary/aromatic N) is 1. The number of hydrogen-bond acceptors (Lipinski definition) is 6. The van der Waals surface area contributed by atoms with Gasteiger partial charge in [-0.05, 0) is 50.5 Å². The predicted octanol–water partition coefficient (Wildman–Crippen LogP) is 3.13. The Bertz CT molecular complexity index is 636. The average molecular weight is 345 g/mol. The third kappa shape index (κ3) is 5.45. The zero-order chi connectivity index (χ0) is 18.1. The summed E-state index contributed by atoms with van der Waals surface area (Å²) >= 11 is 0. The van der Waals surface area contributed by atoms with Gasteiger partial charge in [0.2, 0.25) is 0 Å². The van der Waals surface area contributed by atoms with Crippen molar-refractivity contribution in [2.24, 2.45) is 5.92 Å². The maximum absolute atomic E-state index is 12.3. The van der Waals surface area contributed by atoms with Crippen LogP contribution in [0.25, 0.3) is 0 Å². The van der Waals surface area contributed by atoms with Crippen LogP contribution in [0.5, 0.6) is 0 Å². The molecule has 134 valence electrons. The summed E-state index contributed by atoms with van der Waals surface area (Å²) in [6, 6.07) is 7.46. The fraction of sp³-hybridized carbons (Fsp3) is 0.421. The second-order valence-electron chi connectivity index (χ2n) is 5.58. The summed E-state index contributed by atoms with van der Waals surface area (Å²) in [5, 5.41) is 0. The quantitative estimate of drug-likeness (QED) is 0.513. The third-order valence-corrected chi connectivity index (χ3v) is 3.83. The molecule has 0 saturated heterocycles. The summed E-state index contributed by atoms with van der Waals surface area (Å²) in [6.45, 7) is 3.85. The van der Waals surface area contributed by atoms with Crippen LogP contribution in [-0.2, 0) is 25.5 Å². The molecule has 0 saturated carbocycles. The summed E-state index contributed by atoms with van der Waals surface area (Å²) in [5.41, 5.74) is 1.78. The molecule has 1 unspecified atom stereocenters. The van der Waals surface area contributed by atoms with Crippen LogP contribution in [0.3, 0.4) is 0 Å². The Labute approximate surface area is 147 Å². The molecule has 0 aliphatic carbocycles. The summed E-state index contributed by atoms with van der Waals surface area (Å²) in [7, 11) is 0. The number of aromatic nitrogens is 1. The molecule has 0 amide bonds. The molecule has 6 heteroatoms. The highest BCUT2D eigenvalue weighted by atomic mass is 16.6. The first-order valence-corrected chi connectivity index (χ1v) is 8.40. The van der Waals surface area contributed by atoms with E-state index in [0.29, 0.717) is 6.42 Å². The topological polar surface area (TPSA) is 78.6 Å². The van der Waals surface area contributed by atoms with Crippen LogP contribution in [0.15, 0.2) is 47.4 Å². The molecule has 2 rings (SSSR count). The Morgan fingerprint density at radius 2 is 1.84 bits per heavy atom. The molecule has 1 atom stereocenters. The third-order valence-electron chi connectivity index (χ3n) is 3.83. The summed E-state index contributed by atoms with van der Waals surface area (Å²) < 4.78 is 15.3. The van der Waals surface area contributed by atoms with Gasteiger partial charge in [0.15, 0.2) is 5.92 Å². The van der Waals surface area contributed by atoms with Gasteiger partial charge in [0.05, 0.1) is 25.7 Å². The van der Waals surface area contributed by atoms with Crippen LogP contribution in [0.1, 0.15) is 37.4 Å². The molecule has 2 heterocycles. The van der Waals surface area contributed by atoms with Gasteiger partial charge >= 0.3 is 11.9 Å². The lowest BCUT2D eigenvalue weighted by Crippen LogP contribution is -2.30. The maximum Gasteiger partial charge on any atom is 0.320 e. The lowest BCUT2D eigenvalue weighted by molar-refractivity contribution is -0.162. The van der Waals surface area contributed by atoms with E-state index in [-0.39, 0.29) is 25.6 Å². The number of ether oxygens (including phenoxy) is 2. The highest BCUT2D eigenvalue weighted by molar-refractivity contribution is 5.95. The Kier molecular flexibility index (Phi) is 7.19. The van der Waals surface area contributed by atoms with Gasteiger partial charge in [0.1, 0.15) is 0 Å². The zero-order valence-electron chi connectivity index (χ0n) is 14.5. The maximum atomic E-state index is 12.3. The molecule has 2 aromatic heterocycles. The van der Waals surface area contributed by atoms with Crippen LogP contribution in [0.4, 0.5) is 0 Å². The van der Waals surface area contributed by atoms with Crippen molar-refractivity contribution in [1.82, 2.24) is 4.98 Å². The average Bonchev–Trinajstić information content (AvgIpc) is 3.12. The molecule has 0 bridgehead atoms. The number of esters is 2. The molecule has 25 heavy (non-hydrogen) atoms. The highest BCUT2D eigenvalue weighted by Crippen LogP contribution is 2.28. The van der Waals surface area contributed by atoms with Gasteiger partial charge in [-0.3, -0.25) is 14.6 Å². The molecule has 0 aliphatic rings. The van der Waals surface area contributed by atoms with Crippen molar-refractivity contribution < 1.29 is 23.5 Å². The minimum atomic E-state index is -0.973. The molecule has 0 fully saturated rings. The molecule has 0 radical (unpaired) electrons. The van der Waals surface area contributed by atoms with E-state index >= 15 is 0 Å². The van der Waals surface area contributed by atoms with Crippen LogP contribution in [0.2, 0.25) is 0 Å². The van der Waals surface area contributed by atoms with Gasteiger partial charge in [-0.1, -0.05) is 6.07 Å².